The highest BCUT2D eigenvalue weighted by atomic mass is 35.5. The van der Waals surface area contributed by atoms with Crippen molar-refractivity contribution in [1.29, 1.82) is 0 Å². The fraction of sp³-hybridized carbons (Fsp3) is 0.278. The second-order valence-corrected chi connectivity index (χ2v) is 6.46. The van der Waals surface area contributed by atoms with E-state index >= 15 is 0 Å². The number of hydrogen-bond donors (Lipinski definition) is 0. The lowest BCUT2D eigenvalue weighted by Gasteiger charge is -2.17. The molecule has 0 aliphatic carbocycles. The molecule has 0 amide bonds. The van der Waals surface area contributed by atoms with Gasteiger partial charge < -0.3 is 4.74 Å². The molecule has 2 rings (SSSR count). The molecule has 0 N–H and O–H groups in total. The van der Waals surface area contributed by atoms with Gasteiger partial charge in [-0.05, 0) is 32.4 Å². The van der Waals surface area contributed by atoms with Crippen LogP contribution >= 0.6 is 23.2 Å². The average Bonchev–Trinajstić information content (AvgIpc) is 2.41. The predicted molar refractivity (Wildman–Crippen MR) is 93.4 cm³/mol. The van der Waals surface area contributed by atoms with Gasteiger partial charge >= 0.3 is 5.97 Å². The maximum Gasteiger partial charge on any atom is 0.303 e. The van der Waals surface area contributed by atoms with Gasteiger partial charge in [0.2, 0.25) is 0 Å². The Balaban J connectivity index is 0.000000261. The van der Waals surface area contributed by atoms with Gasteiger partial charge in [0.15, 0.2) is 0 Å². The third-order valence-electron chi connectivity index (χ3n) is 2.49. The summed E-state index contributed by atoms with van der Waals surface area (Å²) < 4.78 is 4.80. The normalized spacial score (nSPS) is 10.5. The van der Waals surface area contributed by atoms with Gasteiger partial charge in [0.05, 0.1) is 10.0 Å². The van der Waals surface area contributed by atoms with Crippen molar-refractivity contribution >= 4 is 29.2 Å². The molecule has 22 heavy (non-hydrogen) atoms. The van der Waals surface area contributed by atoms with Crippen molar-refractivity contribution in [3.05, 3.63) is 58.6 Å². The first kappa shape index (κ1) is 18.5. The van der Waals surface area contributed by atoms with Crippen LogP contribution in [-0.4, -0.2) is 11.6 Å². The third-order valence-corrected chi connectivity index (χ3v) is 3.31. The van der Waals surface area contributed by atoms with Gasteiger partial charge in [0, 0.05) is 12.5 Å². The van der Waals surface area contributed by atoms with Crippen molar-refractivity contribution in [1.82, 2.24) is 0 Å². The van der Waals surface area contributed by atoms with Gasteiger partial charge in [-0.1, -0.05) is 65.7 Å². The quantitative estimate of drug-likeness (QED) is 0.595. The van der Waals surface area contributed by atoms with Gasteiger partial charge in [-0.3, -0.25) is 4.79 Å². The number of esters is 1. The fourth-order valence-electron chi connectivity index (χ4n) is 1.78. The van der Waals surface area contributed by atoms with E-state index in [1.165, 1.54) is 6.92 Å². The molecule has 0 bridgehead atoms. The van der Waals surface area contributed by atoms with E-state index in [1.807, 2.05) is 63.2 Å². The SMILES string of the molecule is CC(=O)OC(C)(C)C.Clc1cccc(-c2ccccc2)c1Cl. The zero-order valence-corrected chi connectivity index (χ0v) is 14.7. The van der Waals surface area contributed by atoms with E-state index in [9.17, 15) is 4.79 Å². The summed E-state index contributed by atoms with van der Waals surface area (Å²) in [7, 11) is 0. The molecule has 118 valence electrons. The van der Waals surface area contributed by atoms with E-state index in [2.05, 4.69) is 0 Å². The van der Waals surface area contributed by atoms with Crippen molar-refractivity contribution in [2.75, 3.05) is 0 Å². The molecule has 0 atom stereocenters. The van der Waals surface area contributed by atoms with Crippen molar-refractivity contribution in [3.8, 4) is 11.1 Å². The number of hydrogen-bond acceptors (Lipinski definition) is 2. The van der Waals surface area contributed by atoms with E-state index in [0.29, 0.717) is 10.0 Å². The summed E-state index contributed by atoms with van der Waals surface area (Å²) in [6.07, 6.45) is 0. The molecule has 0 radical (unpaired) electrons. The first-order chi connectivity index (χ1) is 10.2. The minimum absolute atomic E-state index is 0.225. The Morgan fingerprint density at radius 3 is 2.00 bits per heavy atom. The second-order valence-electron chi connectivity index (χ2n) is 5.67. The lowest BCUT2D eigenvalue weighted by atomic mass is 10.1. The molecule has 2 aromatic rings. The van der Waals surface area contributed by atoms with Crippen LogP contribution in [0, 0.1) is 0 Å². The van der Waals surface area contributed by atoms with Gasteiger partial charge in [0.25, 0.3) is 0 Å². The zero-order valence-electron chi connectivity index (χ0n) is 13.2. The molecule has 2 aromatic carbocycles. The van der Waals surface area contributed by atoms with E-state index in [-0.39, 0.29) is 11.6 Å². The van der Waals surface area contributed by atoms with Crippen LogP contribution in [0.4, 0.5) is 0 Å². The lowest BCUT2D eigenvalue weighted by Crippen LogP contribution is -2.21. The van der Waals surface area contributed by atoms with Crippen LogP contribution in [-0.2, 0) is 9.53 Å². The molecule has 0 saturated heterocycles. The third kappa shape index (κ3) is 6.50. The number of halogens is 2. The largest absolute Gasteiger partial charge is 0.460 e. The van der Waals surface area contributed by atoms with Crippen LogP contribution in [0.5, 0.6) is 0 Å². The Morgan fingerprint density at radius 2 is 1.55 bits per heavy atom. The minimum Gasteiger partial charge on any atom is -0.460 e. The van der Waals surface area contributed by atoms with E-state index in [0.717, 1.165) is 11.1 Å². The van der Waals surface area contributed by atoms with Crippen LogP contribution in [0.15, 0.2) is 48.5 Å². The Hall–Kier alpha value is -1.51. The Morgan fingerprint density at radius 1 is 0.955 bits per heavy atom. The maximum absolute atomic E-state index is 10.2. The number of carbonyl (C=O) groups is 1. The molecule has 4 heteroatoms. The highest BCUT2D eigenvalue weighted by Gasteiger charge is 2.11. The molecule has 0 saturated carbocycles. The molecular weight excluding hydrogens is 319 g/mol. The Labute approximate surface area is 142 Å². The zero-order chi connectivity index (χ0) is 16.8. The molecule has 0 aliphatic rings. The fourth-order valence-corrected chi connectivity index (χ4v) is 2.19. The lowest BCUT2D eigenvalue weighted by molar-refractivity contribution is -0.151. The monoisotopic (exact) mass is 338 g/mol. The van der Waals surface area contributed by atoms with Crippen LogP contribution in [0.2, 0.25) is 10.0 Å². The summed E-state index contributed by atoms with van der Waals surface area (Å²) in [6.45, 7) is 6.93. The van der Waals surface area contributed by atoms with Gasteiger partial charge in [0.1, 0.15) is 5.60 Å². The van der Waals surface area contributed by atoms with Crippen molar-refractivity contribution in [3.63, 3.8) is 0 Å². The summed E-state index contributed by atoms with van der Waals surface area (Å²) in [4.78, 5) is 10.2. The standard InChI is InChI=1S/C12H8Cl2.C6H12O2/c13-11-8-4-7-10(12(11)14)9-5-2-1-3-6-9;1-5(7)8-6(2,3)4/h1-8H;1-4H3. The number of benzene rings is 2. The smallest absolute Gasteiger partial charge is 0.303 e. The van der Waals surface area contributed by atoms with E-state index < -0.39 is 0 Å². The first-order valence-corrected chi connectivity index (χ1v) is 7.65. The van der Waals surface area contributed by atoms with Gasteiger partial charge in [-0.15, -0.1) is 0 Å². The Bertz CT molecular complexity index is 617. The second kappa shape index (κ2) is 8.21. The molecule has 0 heterocycles. The van der Waals surface area contributed by atoms with E-state index in [1.54, 1.807) is 6.07 Å². The molecule has 0 aromatic heterocycles. The summed E-state index contributed by atoms with van der Waals surface area (Å²) in [6, 6.07) is 15.6. The minimum atomic E-state index is -0.328. The van der Waals surface area contributed by atoms with Crippen molar-refractivity contribution in [2.45, 2.75) is 33.3 Å². The average molecular weight is 339 g/mol. The van der Waals surface area contributed by atoms with Crippen LogP contribution < -0.4 is 0 Å². The summed E-state index contributed by atoms with van der Waals surface area (Å²) >= 11 is 12.0. The highest BCUT2D eigenvalue weighted by Crippen LogP contribution is 2.32. The molecule has 0 unspecified atom stereocenters. The topological polar surface area (TPSA) is 26.3 Å². The van der Waals surface area contributed by atoms with Crippen molar-refractivity contribution in [2.24, 2.45) is 0 Å². The van der Waals surface area contributed by atoms with Crippen LogP contribution in [0.3, 0.4) is 0 Å². The van der Waals surface area contributed by atoms with Crippen LogP contribution in [0.25, 0.3) is 11.1 Å². The molecule has 0 aliphatic heterocycles. The summed E-state index contributed by atoms with van der Waals surface area (Å²) in [5.41, 5.74) is 1.73. The first-order valence-electron chi connectivity index (χ1n) is 6.90. The van der Waals surface area contributed by atoms with Crippen LogP contribution in [0.1, 0.15) is 27.7 Å². The van der Waals surface area contributed by atoms with Gasteiger partial charge in [-0.25, -0.2) is 0 Å². The molecular formula is C18H20Cl2O2. The summed E-state index contributed by atoms with van der Waals surface area (Å²) in [5.74, 6) is -0.225. The molecule has 0 fully saturated rings. The summed E-state index contributed by atoms with van der Waals surface area (Å²) in [5, 5.41) is 1.20. The number of rotatable bonds is 1. The predicted octanol–water partition coefficient (Wildman–Crippen LogP) is 6.01. The maximum atomic E-state index is 10.2. The van der Waals surface area contributed by atoms with Crippen molar-refractivity contribution < 1.29 is 9.53 Å². The molecule has 0 spiro atoms. The van der Waals surface area contributed by atoms with E-state index in [4.69, 9.17) is 27.9 Å². The number of carbonyl (C=O) groups excluding carboxylic acids is 1. The number of ether oxygens (including phenoxy) is 1. The van der Waals surface area contributed by atoms with Gasteiger partial charge in [-0.2, -0.15) is 0 Å². The molecule has 2 nitrogen and oxygen atoms in total. The Kier molecular flexibility index (Phi) is 6.92. The highest BCUT2D eigenvalue weighted by molar-refractivity contribution is 6.43.